The van der Waals surface area contributed by atoms with Gasteiger partial charge in [0.25, 0.3) is 0 Å². The smallest absolute Gasteiger partial charge is 0.191 e. The molecule has 0 unspecified atom stereocenters. The summed E-state index contributed by atoms with van der Waals surface area (Å²) in [5, 5.41) is 10.9. The van der Waals surface area contributed by atoms with Crippen LogP contribution in [0.15, 0.2) is 11.3 Å². The Labute approximate surface area is 150 Å². The second-order valence-electron chi connectivity index (χ2n) is 5.88. The summed E-state index contributed by atoms with van der Waals surface area (Å²) in [6.45, 7) is 2.92. The van der Waals surface area contributed by atoms with Gasteiger partial charge in [-0.15, -0.1) is 24.0 Å². The van der Waals surface area contributed by atoms with Crippen molar-refractivity contribution in [1.82, 2.24) is 25.4 Å². The van der Waals surface area contributed by atoms with Gasteiger partial charge in [0.2, 0.25) is 0 Å². The van der Waals surface area contributed by atoms with Gasteiger partial charge in [0, 0.05) is 20.1 Å². The first-order valence-corrected chi connectivity index (χ1v) is 8.03. The molecule has 0 saturated heterocycles. The highest BCUT2D eigenvalue weighted by Crippen LogP contribution is 2.27. The number of aryl methyl sites for hydroxylation is 1. The number of nitrogens with zero attached hydrogens (tertiary/aromatic N) is 4. The second kappa shape index (κ2) is 10.0. The van der Waals surface area contributed by atoms with Crippen molar-refractivity contribution in [2.75, 3.05) is 7.05 Å². The lowest BCUT2D eigenvalue weighted by Gasteiger charge is -2.30. The summed E-state index contributed by atoms with van der Waals surface area (Å²) in [7, 11) is 3.71. The Balaban J connectivity index is 0.00000242. The molecule has 0 aromatic carbocycles. The molecule has 1 aliphatic rings. The molecule has 1 fully saturated rings. The SMILES string of the molecule is CCCC1CCC(NC(=NC)NCc2ncnn2C)CC1.I. The van der Waals surface area contributed by atoms with Crippen LogP contribution in [0.4, 0.5) is 0 Å². The molecule has 126 valence electrons. The standard InChI is InChI=1S/C15H28N6.HI/c1-4-5-12-6-8-13(9-7-12)20-15(16-2)17-10-14-18-11-19-21(14)3;/h11-13H,4-10H2,1-3H3,(H2,16,17,20);1H. The van der Waals surface area contributed by atoms with Gasteiger partial charge in [-0.05, 0) is 31.6 Å². The molecule has 0 amide bonds. The number of guanidine groups is 1. The van der Waals surface area contributed by atoms with E-state index < -0.39 is 0 Å². The van der Waals surface area contributed by atoms with Crippen LogP contribution in [0.2, 0.25) is 0 Å². The summed E-state index contributed by atoms with van der Waals surface area (Å²) in [6, 6.07) is 0.545. The van der Waals surface area contributed by atoms with Crippen molar-refractivity contribution in [1.29, 1.82) is 0 Å². The molecule has 1 aliphatic carbocycles. The number of hydrogen-bond acceptors (Lipinski definition) is 3. The highest BCUT2D eigenvalue weighted by Gasteiger charge is 2.21. The third-order valence-corrected chi connectivity index (χ3v) is 4.33. The summed E-state index contributed by atoms with van der Waals surface area (Å²) in [5.74, 6) is 2.70. The van der Waals surface area contributed by atoms with Gasteiger partial charge in [-0.25, -0.2) is 4.98 Å². The fraction of sp³-hybridized carbons (Fsp3) is 0.800. The van der Waals surface area contributed by atoms with Crippen LogP contribution in [0.1, 0.15) is 51.3 Å². The van der Waals surface area contributed by atoms with E-state index in [0.29, 0.717) is 12.6 Å². The Morgan fingerprint density at radius 1 is 1.36 bits per heavy atom. The summed E-state index contributed by atoms with van der Waals surface area (Å²) in [5.41, 5.74) is 0. The minimum Gasteiger partial charge on any atom is -0.354 e. The Morgan fingerprint density at radius 3 is 2.64 bits per heavy atom. The molecule has 0 bridgehead atoms. The van der Waals surface area contributed by atoms with E-state index in [1.165, 1.54) is 38.5 Å². The first-order valence-electron chi connectivity index (χ1n) is 8.03. The molecule has 0 aliphatic heterocycles. The van der Waals surface area contributed by atoms with E-state index in [-0.39, 0.29) is 24.0 Å². The predicted octanol–water partition coefficient (Wildman–Crippen LogP) is 2.46. The summed E-state index contributed by atoms with van der Waals surface area (Å²) in [6.07, 6.45) is 9.43. The van der Waals surface area contributed by atoms with Gasteiger partial charge in [-0.1, -0.05) is 19.8 Å². The second-order valence-corrected chi connectivity index (χ2v) is 5.88. The quantitative estimate of drug-likeness (QED) is 0.436. The number of rotatable bonds is 5. The van der Waals surface area contributed by atoms with Crippen molar-refractivity contribution >= 4 is 29.9 Å². The van der Waals surface area contributed by atoms with E-state index in [1.54, 1.807) is 11.0 Å². The van der Waals surface area contributed by atoms with E-state index in [2.05, 4.69) is 32.6 Å². The Morgan fingerprint density at radius 2 is 2.09 bits per heavy atom. The molecule has 2 rings (SSSR count). The largest absolute Gasteiger partial charge is 0.354 e. The zero-order valence-electron chi connectivity index (χ0n) is 13.9. The molecular weight excluding hydrogens is 391 g/mol. The van der Waals surface area contributed by atoms with E-state index in [1.807, 2.05) is 14.1 Å². The van der Waals surface area contributed by atoms with Crippen LogP contribution in [0, 0.1) is 5.92 Å². The maximum atomic E-state index is 4.30. The number of halogens is 1. The minimum absolute atomic E-state index is 0. The van der Waals surface area contributed by atoms with Crippen LogP contribution in [-0.2, 0) is 13.6 Å². The van der Waals surface area contributed by atoms with Gasteiger partial charge in [0.15, 0.2) is 5.96 Å². The number of hydrogen-bond donors (Lipinski definition) is 2. The zero-order chi connectivity index (χ0) is 15.1. The molecular formula is C15H29IN6. The van der Waals surface area contributed by atoms with E-state index in [0.717, 1.165) is 17.7 Å². The third kappa shape index (κ3) is 5.73. The molecule has 1 aromatic heterocycles. The number of aliphatic imine (C=N–C) groups is 1. The molecule has 6 nitrogen and oxygen atoms in total. The van der Waals surface area contributed by atoms with Crippen LogP contribution in [0.3, 0.4) is 0 Å². The molecule has 2 N–H and O–H groups in total. The molecule has 1 heterocycles. The van der Waals surface area contributed by atoms with Gasteiger partial charge in [0.1, 0.15) is 12.2 Å². The summed E-state index contributed by atoms with van der Waals surface area (Å²) < 4.78 is 1.77. The first kappa shape index (κ1) is 19.2. The van der Waals surface area contributed by atoms with Gasteiger partial charge < -0.3 is 10.6 Å². The lowest BCUT2D eigenvalue weighted by Crippen LogP contribution is -2.44. The summed E-state index contributed by atoms with van der Waals surface area (Å²) >= 11 is 0. The normalized spacial score (nSPS) is 22.0. The Kier molecular flexibility index (Phi) is 8.74. The average Bonchev–Trinajstić information content (AvgIpc) is 2.91. The van der Waals surface area contributed by atoms with E-state index in [9.17, 15) is 0 Å². The highest BCUT2D eigenvalue weighted by molar-refractivity contribution is 14.0. The van der Waals surface area contributed by atoms with Gasteiger partial charge in [-0.2, -0.15) is 5.10 Å². The van der Waals surface area contributed by atoms with Crippen molar-refractivity contribution < 1.29 is 0 Å². The number of aromatic nitrogens is 3. The average molecular weight is 420 g/mol. The van der Waals surface area contributed by atoms with Crippen LogP contribution < -0.4 is 10.6 Å². The van der Waals surface area contributed by atoms with Crippen molar-refractivity contribution in [2.45, 2.75) is 58.0 Å². The van der Waals surface area contributed by atoms with Gasteiger partial charge in [-0.3, -0.25) is 9.67 Å². The molecule has 22 heavy (non-hydrogen) atoms. The Hall–Kier alpha value is -0.860. The molecule has 0 spiro atoms. The fourth-order valence-electron chi connectivity index (χ4n) is 3.03. The summed E-state index contributed by atoms with van der Waals surface area (Å²) in [4.78, 5) is 8.51. The molecule has 1 aromatic rings. The Bertz CT molecular complexity index is 451. The highest BCUT2D eigenvalue weighted by atomic mass is 127. The predicted molar refractivity (Wildman–Crippen MR) is 100 cm³/mol. The van der Waals surface area contributed by atoms with E-state index in [4.69, 9.17) is 0 Å². The first-order chi connectivity index (χ1) is 10.2. The van der Waals surface area contributed by atoms with E-state index >= 15 is 0 Å². The van der Waals surface area contributed by atoms with Gasteiger partial charge >= 0.3 is 0 Å². The van der Waals surface area contributed by atoms with Gasteiger partial charge in [0.05, 0.1) is 6.54 Å². The van der Waals surface area contributed by atoms with Crippen molar-refractivity contribution in [3.05, 3.63) is 12.2 Å². The van der Waals surface area contributed by atoms with Crippen LogP contribution in [0.25, 0.3) is 0 Å². The maximum Gasteiger partial charge on any atom is 0.191 e. The van der Waals surface area contributed by atoms with Crippen molar-refractivity contribution in [3.8, 4) is 0 Å². The number of nitrogens with one attached hydrogen (secondary N) is 2. The van der Waals surface area contributed by atoms with Crippen LogP contribution in [-0.4, -0.2) is 33.8 Å². The molecule has 7 heteroatoms. The molecule has 1 saturated carbocycles. The molecule has 0 atom stereocenters. The molecule has 0 radical (unpaired) electrons. The van der Waals surface area contributed by atoms with Crippen molar-refractivity contribution in [3.63, 3.8) is 0 Å². The minimum atomic E-state index is 0. The van der Waals surface area contributed by atoms with Crippen molar-refractivity contribution in [2.24, 2.45) is 18.0 Å². The topological polar surface area (TPSA) is 67.1 Å². The fourth-order valence-corrected chi connectivity index (χ4v) is 3.03. The van der Waals surface area contributed by atoms with Crippen LogP contribution >= 0.6 is 24.0 Å². The van der Waals surface area contributed by atoms with Crippen LogP contribution in [0.5, 0.6) is 0 Å². The third-order valence-electron chi connectivity index (χ3n) is 4.33. The lowest BCUT2D eigenvalue weighted by atomic mass is 9.83. The lowest BCUT2D eigenvalue weighted by molar-refractivity contribution is 0.295. The zero-order valence-corrected chi connectivity index (χ0v) is 16.2. The maximum absolute atomic E-state index is 4.30. The monoisotopic (exact) mass is 420 g/mol.